The Morgan fingerprint density at radius 3 is 2.69 bits per heavy atom. The smallest absolute Gasteiger partial charge is 0.0642 e. The van der Waals surface area contributed by atoms with Crippen LogP contribution in [0, 0.1) is 0 Å². The van der Waals surface area contributed by atoms with Gasteiger partial charge >= 0.3 is 0 Å². The van der Waals surface area contributed by atoms with Crippen LogP contribution < -0.4 is 10.6 Å². The molecule has 1 aromatic carbocycles. The summed E-state index contributed by atoms with van der Waals surface area (Å²) >= 11 is 6.28. The lowest BCUT2D eigenvalue weighted by Gasteiger charge is -2.29. The molecule has 0 saturated heterocycles. The first kappa shape index (κ1) is 11.7. The first-order valence-electron chi connectivity index (χ1n) is 5.94. The number of anilines is 1. The van der Waals surface area contributed by atoms with Gasteiger partial charge in [-0.1, -0.05) is 36.6 Å². The summed E-state index contributed by atoms with van der Waals surface area (Å²) in [5, 5.41) is 0.817. The van der Waals surface area contributed by atoms with Crippen LogP contribution in [0.25, 0.3) is 0 Å². The Morgan fingerprint density at radius 2 is 2.06 bits per heavy atom. The van der Waals surface area contributed by atoms with Gasteiger partial charge < -0.3 is 10.6 Å². The molecule has 0 spiro atoms. The third-order valence-corrected chi connectivity index (χ3v) is 3.82. The van der Waals surface area contributed by atoms with Gasteiger partial charge in [0.15, 0.2) is 0 Å². The van der Waals surface area contributed by atoms with E-state index in [2.05, 4.69) is 18.0 Å². The highest BCUT2D eigenvalue weighted by Crippen LogP contribution is 2.34. The molecule has 2 rings (SSSR count). The second kappa shape index (κ2) is 5.07. The van der Waals surface area contributed by atoms with Crippen LogP contribution in [0.4, 0.5) is 5.69 Å². The fraction of sp³-hybridized carbons (Fsp3) is 0.538. The van der Waals surface area contributed by atoms with Crippen molar-refractivity contribution >= 4 is 17.3 Å². The number of rotatable bonds is 3. The first-order chi connectivity index (χ1) is 7.74. The minimum Gasteiger partial charge on any atom is -0.370 e. The number of halogens is 1. The van der Waals surface area contributed by atoms with Crippen molar-refractivity contribution in [1.29, 1.82) is 0 Å². The third-order valence-electron chi connectivity index (χ3n) is 3.52. The monoisotopic (exact) mass is 238 g/mol. The van der Waals surface area contributed by atoms with Gasteiger partial charge in [-0.15, -0.1) is 0 Å². The molecule has 3 heteroatoms. The van der Waals surface area contributed by atoms with Gasteiger partial charge in [0.2, 0.25) is 0 Å². The molecule has 1 aromatic rings. The maximum Gasteiger partial charge on any atom is 0.0642 e. The van der Waals surface area contributed by atoms with Crippen molar-refractivity contribution in [2.75, 3.05) is 11.9 Å². The minimum absolute atomic E-state index is 0.549. The molecule has 0 aromatic heterocycles. The second-order valence-electron chi connectivity index (χ2n) is 4.50. The van der Waals surface area contributed by atoms with Gasteiger partial charge in [0.25, 0.3) is 0 Å². The summed E-state index contributed by atoms with van der Waals surface area (Å²) in [4.78, 5) is 2.32. The van der Waals surface area contributed by atoms with Crippen LogP contribution in [0.1, 0.15) is 31.2 Å². The average molecular weight is 239 g/mol. The maximum absolute atomic E-state index is 6.28. The zero-order valence-electron chi connectivity index (χ0n) is 9.75. The Morgan fingerprint density at radius 1 is 1.38 bits per heavy atom. The van der Waals surface area contributed by atoms with Crippen molar-refractivity contribution in [2.45, 2.75) is 38.3 Å². The van der Waals surface area contributed by atoms with Crippen LogP contribution in [0.15, 0.2) is 18.2 Å². The van der Waals surface area contributed by atoms with Crippen molar-refractivity contribution in [2.24, 2.45) is 5.73 Å². The van der Waals surface area contributed by atoms with Crippen LogP contribution in [0.2, 0.25) is 5.02 Å². The molecule has 1 aliphatic rings. The van der Waals surface area contributed by atoms with Gasteiger partial charge in [-0.3, -0.25) is 0 Å². The molecule has 88 valence electrons. The molecule has 2 N–H and O–H groups in total. The third kappa shape index (κ3) is 2.18. The topological polar surface area (TPSA) is 29.3 Å². The number of nitrogens with zero attached hydrogens (tertiary/aromatic N) is 1. The fourth-order valence-electron chi connectivity index (χ4n) is 2.59. The SMILES string of the molecule is CN(c1c(Cl)cccc1CN)C1CCCC1. The molecule has 0 radical (unpaired) electrons. The molecule has 16 heavy (non-hydrogen) atoms. The summed E-state index contributed by atoms with van der Waals surface area (Å²) in [5.41, 5.74) is 8.04. The standard InChI is InChI=1S/C13H19ClN2/c1-16(11-6-2-3-7-11)13-10(9-15)5-4-8-12(13)14/h4-5,8,11H,2-3,6-7,9,15H2,1H3. The second-order valence-corrected chi connectivity index (χ2v) is 4.91. The number of para-hydroxylation sites is 1. The average Bonchev–Trinajstić information content (AvgIpc) is 2.81. The lowest BCUT2D eigenvalue weighted by molar-refractivity contribution is 0.651. The lowest BCUT2D eigenvalue weighted by Crippen LogP contribution is -2.30. The van der Waals surface area contributed by atoms with E-state index in [0.29, 0.717) is 12.6 Å². The Bertz CT molecular complexity index is 359. The lowest BCUT2D eigenvalue weighted by atomic mass is 10.1. The summed E-state index contributed by atoms with van der Waals surface area (Å²) in [6, 6.07) is 6.61. The Labute approximate surface area is 102 Å². The molecule has 2 nitrogen and oxygen atoms in total. The van der Waals surface area contributed by atoms with E-state index in [-0.39, 0.29) is 0 Å². The molecule has 1 fully saturated rings. The molecule has 1 saturated carbocycles. The van der Waals surface area contributed by atoms with Crippen LogP contribution in [-0.4, -0.2) is 13.1 Å². The van der Waals surface area contributed by atoms with Gasteiger partial charge in [-0.05, 0) is 24.5 Å². The molecule has 0 amide bonds. The van der Waals surface area contributed by atoms with Gasteiger partial charge in [-0.2, -0.15) is 0 Å². The van der Waals surface area contributed by atoms with Crippen molar-refractivity contribution in [3.63, 3.8) is 0 Å². The van der Waals surface area contributed by atoms with E-state index >= 15 is 0 Å². The zero-order chi connectivity index (χ0) is 11.5. The molecule has 0 aliphatic heterocycles. The Hall–Kier alpha value is -0.730. The van der Waals surface area contributed by atoms with Gasteiger partial charge in [0.1, 0.15) is 0 Å². The van der Waals surface area contributed by atoms with Gasteiger partial charge in [-0.25, -0.2) is 0 Å². The maximum atomic E-state index is 6.28. The number of hydrogen-bond acceptors (Lipinski definition) is 2. The van der Waals surface area contributed by atoms with Crippen molar-refractivity contribution in [3.8, 4) is 0 Å². The fourth-order valence-corrected chi connectivity index (χ4v) is 2.92. The molecule has 0 heterocycles. The highest BCUT2D eigenvalue weighted by atomic mass is 35.5. The van der Waals surface area contributed by atoms with E-state index in [0.717, 1.165) is 16.3 Å². The van der Waals surface area contributed by atoms with Crippen molar-refractivity contribution in [3.05, 3.63) is 28.8 Å². The van der Waals surface area contributed by atoms with E-state index in [4.69, 9.17) is 17.3 Å². The largest absolute Gasteiger partial charge is 0.370 e. The highest BCUT2D eigenvalue weighted by Gasteiger charge is 2.22. The molecular weight excluding hydrogens is 220 g/mol. The van der Waals surface area contributed by atoms with Gasteiger partial charge in [0, 0.05) is 19.6 Å². The number of hydrogen-bond donors (Lipinski definition) is 1. The van der Waals surface area contributed by atoms with Gasteiger partial charge in [0.05, 0.1) is 10.7 Å². The quantitative estimate of drug-likeness (QED) is 0.877. The predicted molar refractivity (Wildman–Crippen MR) is 70.0 cm³/mol. The molecule has 0 unspecified atom stereocenters. The van der Waals surface area contributed by atoms with Crippen LogP contribution in [-0.2, 0) is 6.54 Å². The van der Waals surface area contributed by atoms with E-state index in [9.17, 15) is 0 Å². The summed E-state index contributed by atoms with van der Waals surface area (Å²) in [6.45, 7) is 0.549. The number of nitrogens with two attached hydrogens (primary N) is 1. The highest BCUT2D eigenvalue weighted by molar-refractivity contribution is 6.33. The summed E-state index contributed by atoms with van der Waals surface area (Å²) < 4.78 is 0. The molecular formula is C13H19ClN2. The van der Waals surface area contributed by atoms with E-state index < -0.39 is 0 Å². The normalized spacial score (nSPS) is 16.7. The summed E-state index contributed by atoms with van der Waals surface area (Å²) in [7, 11) is 2.14. The van der Waals surface area contributed by atoms with E-state index in [1.165, 1.54) is 25.7 Å². The van der Waals surface area contributed by atoms with Crippen LogP contribution >= 0.6 is 11.6 Å². The summed E-state index contributed by atoms with van der Waals surface area (Å²) in [5.74, 6) is 0. The van der Waals surface area contributed by atoms with Crippen molar-refractivity contribution in [1.82, 2.24) is 0 Å². The van der Waals surface area contributed by atoms with Crippen LogP contribution in [0.3, 0.4) is 0 Å². The zero-order valence-corrected chi connectivity index (χ0v) is 10.5. The molecule has 0 atom stereocenters. The minimum atomic E-state index is 0.549. The van der Waals surface area contributed by atoms with E-state index in [1.807, 2.05) is 12.1 Å². The van der Waals surface area contributed by atoms with Crippen molar-refractivity contribution < 1.29 is 0 Å². The van der Waals surface area contributed by atoms with Crippen LogP contribution in [0.5, 0.6) is 0 Å². The Balaban J connectivity index is 2.30. The first-order valence-corrected chi connectivity index (χ1v) is 6.32. The molecule has 1 aliphatic carbocycles. The Kier molecular flexibility index (Phi) is 3.72. The predicted octanol–water partition coefficient (Wildman–Crippen LogP) is 3.18. The number of benzene rings is 1. The molecule has 0 bridgehead atoms. The van der Waals surface area contributed by atoms with E-state index in [1.54, 1.807) is 0 Å². The summed E-state index contributed by atoms with van der Waals surface area (Å²) in [6.07, 6.45) is 5.20.